The van der Waals surface area contributed by atoms with E-state index in [1.165, 1.54) is 0 Å². The van der Waals surface area contributed by atoms with Crippen molar-refractivity contribution in [3.05, 3.63) is 59.8 Å². The highest BCUT2D eigenvalue weighted by molar-refractivity contribution is 5.84. The van der Waals surface area contributed by atoms with Crippen LogP contribution in [0.25, 0.3) is 10.9 Å². The van der Waals surface area contributed by atoms with E-state index in [0.29, 0.717) is 12.3 Å². The van der Waals surface area contributed by atoms with Crippen LogP contribution < -0.4 is 14.8 Å². The van der Waals surface area contributed by atoms with Crippen LogP contribution in [0.3, 0.4) is 0 Å². The molecule has 2 atom stereocenters. The summed E-state index contributed by atoms with van der Waals surface area (Å²) in [5, 5.41) is 4.66. The van der Waals surface area contributed by atoms with Gasteiger partial charge >= 0.3 is 0 Å². The Morgan fingerprint density at radius 3 is 2.58 bits per heavy atom. The number of H-pyrrole nitrogens is 1. The van der Waals surface area contributed by atoms with Crippen molar-refractivity contribution in [3.63, 3.8) is 0 Å². The van der Waals surface area contributed by atoms with Gasteiger partial charge in [0.25, 0.3) is 0 Å². The summed E-state index contributed by atoms with van der Waals surface area (Å²) in [6.45, 7) is 4.28. The van der Waals surface area contributed by atoms with Crippen molar-refractivity contribution >= 4 is 16.8 Å². The van der Waals surface area contributed by atoms with Gasteiger partial charge in [-0.05, 0) is 37.5 Å². The molecular weight excluding hydrogens is 390 g/mol. The molecule has 164 valence electrons. The van der Waals surface area contributed by atoms with Gasteiger partial charge in [0.05, 0.1) is 20.3 Å². The molecule has 0 aliphatic carbocycles. The number of aromatic amines is 1. The third-order valence-electron chi connectivity index (χ3n) is 6.22. The van der Waals surface area contributed by atoms with E-state index in [4.69, 9.17) is 9.47 Å². The molecule has 1 aliphatic rings. The summed E-state index contributed by atoms with van der Waals surface area (Å²) < 4.78 is 11.3. The van der Waals surface area contributed by atoms with Gasteiger partial charge in [0, 0.05) is 48.2 Å². The highest BCUT2D eigenvalue weighted by Crippen LogP contribution is 2.40. The Bertz CT molecular complexity index is 1040. The first-order chi connectivity index (χ1) is 15.1. The molecule has 0 saturated carbocycles. The summed E-state index contributed by atoms with van der Waals surface area (Å²) in [6, 6.07) is 14.0. The fourth-order valence-electron chi connectivity index (χ4n) is 4.55. The fourth-order valence-corrected chi connectivity index (χ4v) is 4.55. The number of methoxy groups -OCH3 is 2. The fraction of sp³-hybridized carbons (Fsp3) is 0.400. The molecule has 1 fully saturated rings. The lowest BCUT2D eigenvalue weighted by Crippen LogP contribution is -2.44. The molecule has 2 heterocycles. The molecule has 1 saturated heterocycles. The molecule has 2 N–H and O–H groups in total. The Hall–Kier alpha value is -2.99. The van der Waals surface area contributed by atoms with Crippen molar-refractivity contribution in [1.29, 1.82) is 0 Å². The highest BCUT2D eigenvalue weighted by atomic mass is 16.5. The summed E-state index contributed by atoms with van der Waals surface area (Å²) in [5.74, 6) is 1.58. The summed E-state index contributed by atoms with van der Waals surface area (Å²) in [5.41, 5.74) is 3.28. The van der Waals surface area contributed by atoms with Gasteiger partial charge in [0.2, 0.25) is 5.91 Å². The van der Waals surface area contributed by atoms with E-state index in [9.17, 15) is 4.79 Å². The summed E-state index contributed by atoms with van der Waals surface area (Å²) in [6.07, 6.45) is 4.25. The molecule has 31 heavy (non-hydrogen) atoms. The zero-order chi connectivity index (χ0) is 21.8. The van der Waals surface area contributed by atoms with Crippen LogP contribution in [0.15, 0.2) is 48.7 Å². The van der Waals surface area contributed by atoms with Crippen molar-refractivity contribution in [2.75, 3.05) is 33.9 Å². The molecule has 6 heteroatoms. The molecular formula is C25H31N3O3. The minimum absolute atomic E-state index is 0.0185. The van der Waals surface area contributed by atoms with E-state index < -0.39 is 0 Å². The van der Waals surface area contributed by atoms with E-state index in [2.05, 4.69) is 34.7 Å². The van der Waals surface area contributed by atoms with Gasteiger partial charge in [-0.1, -0.05) is 30.3 Å². The topological polar surface area (TPSA) is 66.6 Å². The number of benzene rings is 2. The Labute approximate surface area is 183 Å². The number of carbonyl (C=O) groups is 1. The van der Waals surface area contributed by atoms with Gasteiger partial charge in [-0.2, -0.15) is 0 Å². The van der Waals surface area contributed by atoms with Crippen molar-refractivity contribution in [2.24, 2.45) is 0 Å². The molecule has 0 spiro atoms. The number of ether oxygens (including phenoxy) is 2. The van der Waals surface area contributed by atoms with E-state index in [0.717, 1.165) is 53.7 Å². The smallest absolute Gasteiger partial charge is 0.239 e. The van der Waals surface area contributed by atoms with Gasteiger partial charge in [-0.15, -0.1) is 0 Å². The highest BCUT2D eigenvalue weighted by Gasteiger charge is 2.27. The summed E-state index contributed by atoms with van der Waals surface area (Å²) in [4.78, 5) is 18.2. The zero-order valence-electron chi connectivity index (χ0n) is 18.5. The van der Waals surface area contributed by atoms with Crippen LogP contribution in [-0.2, 0) is 4.79 Å². The summed E-state index contributed by atoms with van der Waals surface area (Å²) in [7, 11) is 3.32. The Balaban J connectivity index is 1.68. The minimum atomic E-state index is -0.248. The number of likely N-dealkylation sites (tertiary alicyclic amines) is 1. The number of nitrogens with one attached hydrogen (secondary N) is 2. The maximum atomic E-state index is 12.8. The van der Waals surface area contributed by atoms with Gasteiger partial charge in [0.1, 0.15) is 0 Å². The normalized spacial score (nSPS) is 15.8. The Morgan fingerprint density at radius 1 is 1.06 bits per heavy atom. The van der Waals surface area contributed by atoms with E-state index in [1.54, 1.807) is 14.2 Å². The molecule has 4 rings (SSSR count). The van der Waals surface area contributed by atoms with E-state index in [1.807, 2.05) is 36.1 Å². The predicted molar refractivity (Wildman–Crippen MR) is 123 cm³/mol. The van der Waals surface area contributed by atoms with Crippen LogP contribution in [0, 0.1) is 0 Å². The number of amides is 1. The lowest BCUT2D eigenvalue weighted by Gasteiger charge is -2.25. The third kappa shape index (κ3) is 4.26. The first-order valence-electron chi connectivity index (χ1n) is 10.9. The second kappa shape index (κ2) is 9.43. The first-order valence-corrected chi connectivity index (χ1v) is 10.9. The van der Waals surface area contributed by atoms with Crippen molar-refractivity contribution in [1.82, 2.24) is 15.2 Å². The second-order valence-corrected chi connectivity index (χ2v) is 8.09. The first kappa shape index (κ1) is 21.2. The zero-order valence-corrected chi connectivity index (χ0v) is 18.5. The van der Waals surface area contributed by atoms with E-state index >= 15 is 0 Å². The van der Waals surface area contributed by atoms with Crippen LogP contribution in [-0.4, -0.2) is 55.7 Å². The monoisotopic (exact) mass is 421 g/mol. The van der Waals surface area contributed by atoms with Crippen LogP contribution in [0.1, 0.15) is 36.8 Å². The second-order valence-electron chi connectivity index (χ2n) is 8.09. The van der Waals surface area contributed by atoms with Gasteiger partial charge in [-0.25, -0.2) is 0 Å². The molecule has 0 bridgehead atoms. The number of para-hydroxylation sites is 2. The average molecular weight is 422 g/mol. The molecule has 1 aromatic heterocycles. The van der Waals surface area contributed by atoms with Crippen molar-refractivity contribution in [2.45, 2.75) is 31.7 Å². The molecule has 6 nitrogen and oxygen atoms in total. The number of rotatable bonds is 8. The maximum absolute atomic E-state index is 12.8. The van der Waals surface area contributed by atoms with Gasteiger partial charge in [-0.3, -0.25) is 4.79 Å². The number of hydrogen-bond acceptors (Lipinski definition) is 4. The maximum Gasteiger partial charge on any atom is 0.239 e. The van der Waals surface area contributed by atoms with Crippen LogP contribution in [0.4, 0.5) is 0 Å². The molecule has 0 radical (unpaired) electrons. The van der Waals surface area contributed by atoms with Gasteiger partial charge in [0.15, 0.2) is 11.5 Å². The van der Waals surface area contributed by atoms with Crippen molar-refractivity contribution in [3.8, 4) is 11.5 Å². The number of nitrogens with zero attached hydrogens (tertiary/aromatic N) is 1. The average Bonchev–Trinajstić information content (AvgIpc) is 3.49. The molecule has 2 aromatic carbocycles. The van der Waals surface area contributed by atoms with Crippen LogP contribution in [0.5, 0.6) is 11.5 Å². The Morgan fingerprint density at radius 2 is 1.84 bits per heavy atom. The SMILES string of the molecule is COc1cccc([C@H](CN[C@@H](C)C(=O)N2CCCC2)c2c[nH]c3ccccc23)c1OC. The number of fused-ring (bicyclic) bond motifs is 1. The van der Waals surface area contributed by atoms with E-state index in [-0.39, 0.29) is 17.9 Å². The predicted octanol–water partition coefficient (Wildman–Crippen LogP) is 3.92. The number of hydrogen-bond donors (Lipinski definition) is 2. The Kier molecular flexibility index (Phi) is 6.47. The molecule has 1 amide bonds. The number of carbonyl (C=O) groups excluding carboxylic acids is 1. The standard InChI is InChI=1S/C25H31N3O3/c1-17(25(29)28-13-6-7-14-28)26-15-21(19-10-8-12-23(30-2)24(19)31-3)20-16-27-22-11-5-4-9-18(20)22/h4-5,8-12,16-17,21,26-27H,6-7,13-15H2,1-3H3/t17-,21-/m0/s1. The molecule has 1 aliphatic heterocycles. The van der Waals surface area contributed by atoms with Gasteiger partial charge < -0.3 is 24.7 Å². The van der Waals surface area contributed by atoms with Crippen LogP contribution in [0.2, 0.25) is 0 Å². The molecule has 0 unspecified atom stereocenters. The lowest BCUT2D eigenvalue weighted by atomic mass is 9.89. The largest absolute Gasteiger partial charge is 0.493 e. The molecule has 3 aromatic rings. The van der Waals surface area contributed by atoms with Crippen molar-refractivity contribution < 1.29 is 14.3 Å². The summed E-state index contributed by atoms with van der Waals surface area (Å²) >= 11 is 0. The van der Waals surface area contributed by atoms with Crippen LogP contribution >= 0.6 is 0 Å². The minimum Gasteiger partial charge on any atom is -0.493 e. The third-order valence-corrected chi connectivity index (χ3v) is 6.22. The quantitative estimate of drug-likeness (QED) is 0.579. The lowest BCUT2D eigenvalue weighted by molar-refractivity contribution is -0.131. The number of aromatic nitrogens is 1.